The highest BCUT2D eigenvalue weighted by Gasteiger charge is 2.44. The van der Waals surface area contributed by atoms with Crippen LogP contribution < -0.4 is 0 Å². The highest BCUT2D eigenvalue weighted by Crippen LogP contribution is 2.60. The molecule has 14 heteroatoms. The van der Waals surface area contributed by atoms with E-state index in [1.165, 1.54) is 4.67 Å². The lowest BCUT2D eigenvalue weighted by Gasteiger charge is -2.43. The number of aliphatic hydroxyl groups is 2. The third-order valence-corrected chi connectivity index (χ3v) is 11.8. The maximum Gasteiger partial charge on any atom is 0.346 e. The van der Waals surface area contributed by atoms with Gasteiger partial charge in [-0.1, -0.05) is 60.7 Å². The van der Waals surface area contributed by atoms with Crippen molar-refractivity contribution in [3.8, 4) is 0 Å². The Morgan fingerprint density at radius 3 is 1.50 bits per heavy atom. The van der Waals surface area contributed by atoms with E-state index in [0.717, 1.165) is 4.67 Å². The maximum atomic E-state index is 14.2. The average Bonchev–Trinajstić information content (AvgIpc) is 3.10. The van der Waals surface area contributed by atoms with E-state index in [-0.39, 0.29) is 35.6 Å². The molecule has 2 aromatic rings. The zero-order valence-electron chi connectivity index (χ0n) is 40.1. The summed E-state index contributed by atoms with van der Waals surface area (Å²) in [7, 11) is -9.60. The lowest BCUT2D eigenvalue weighted by Crippen LogP contribution is -2.40. The zero-order valence-corrected chi connectivity index (χ0v) is 27.4. The van der Waals surface area contributed by atoms with Crippen molar-refractivity contribution in [1.82, 2.24) is 18.7 Å². The Morgan fingerprint density at radius 2 is 1.16 bits per heavy atom. The van der Waals surface area contributed by atoms with E-state index in [1.807, 2.05) is 0 Å². The van der Waals surface area contributed by atoms with Gasteiger partial charge in [-0.15, -0.1) is 23.2 Å². The monoisotopic (exact) mass is 716 g/mol. The molecule has 2 heterocycles. The molecule has 10 nitrogen and oxygen atoms in total. The molecule has 2 fully saturated rings. The lowest BCUT2D eigenvalue weighted by atomic mass is 10.1. The molecule has 2 aliphatic rings. The average molecular weight is 718 g/mol. The molecule has 44 heavy (non-hydrogen) atoms. The fourth-order valence-corrected chi connectivity index (χ4v) is 9.32. The van der Waals surface area contributed by atoms with Crippen LogP contribution in [0.2, 0.25) is 0 Å². The van der Waals surface area contributed by atoms with E-state index in [2.05, 4.69) is 0 Å². The van der Waals surface area contributed by atoms with Crippen LogP contribution in [-0.2, 0) is 18.2 Å². The minimum absolute atomic E-state index is 0.0266. The summed E-state index contributed by atoms with van der Waals surface area (Å²) in [6.07, 6.45) is 0.724. The lowest BCUT2D eigenvalue weighted by molar-refractivity contribution is 0.126. The van der Waals surface area contributed by atoms with Crippen molar-refractivity contribution in [1.29, 1.82) is 0 Å². The summed E-state index contributed by atoms with van der Waals surface area (Å²) >= 11 is 11.2. The van der Waals surface area contributed by atoms with E-state index in [4.69, 9.17) is 54.2 Å². The van der Waals surface area contributed by atoms with Crippen molar-refractivity contribution in [3.05, 3.63) is 71.8 Å². The number of hydrogen-bond donors (Lipinski definition) is 2. The molecule has 0 amide bonds. The Hall–Kier alpha value is -0.840. The van der Waals surface area contributed by atoms with Gasteiger partial charge >= 0.3 is 15.3 Å². The van der Waals surface area contributed by atoms with Gasteiger partial charge in [0.15, 0.2) is 0 Å². The highest BCUT2D eigenvalue weighted by molar-refractivity contribution is 7.54. The van der Waals surface area contributed by atoms with Gasteiger partial charge in [0.25, 0.3) is 0 Å². The van der Waals surface area contributed by atoms with E-state index in [1.54, 1.807) is 74.5 Å². The van der Waals surface area contributed by atoms with Gasteiger partial charge in [0.2, 0.25) is 0 Å². The molecule has 0 spiro atoms. The van der Waals surface area contributed by atoms with E-state index in [0.29, 0.717) is 24.0 Å². The third kappa shape index (κ3) is 9.60. The van der Waals surface area contributed by atoms with Gasteiger partial charge in [-0.3, -0.25) is 9.13 Å². The van der Waals surface area contributed by atoms with Crippen LogP contribution in [0.1, 0.15) is 71.8 Å². The predicted octanol–water partition coefficient (Wildman–Crippen LogP) is 6.22. The molecule has 0 saturated carbocycles. The number of rotatable bonds is 14. The molecule has 0 bridgehead atoms. The summed E-state index contributed by atoms with van der Waals surface area (Å²) < 4.78 is 166. The molecule has 2 N–H and O–H groups in total. The first kappa shape index (κ1) is 20.5. The molecule has 248 valence electrons. The van der Waals surface area contributed by atoms with Crippen LogP contribution in [0.3, 0.4) is 0 Å². The summed E-state index contributed by atoms with van der Waals surface area (Å²) in [4.78, 5) is 0. The summed E-state index contributed by atoms with van der Waals surface area (Å²) in [5.74, 6) is -6.52. The fraction of sp³-hybridized carbons (Fsp3) is 0.600. The first-order valence-corrected chi connectivity index (χ1v) is 17.3. The van der Waals surface area contributed by atoms with Gasteiger partial charge < -0.3 is 19.3 Å². The molecule has 0 radical (unpaired) electrons. The SMILES string of the molecule is [2H]C([2H])(Cl)C([3H])([3H])N(C([3H])([3H])C([2H])([2H])Cl)P1(=O)OCCCN1C(C)c1ccccc1.[2H]C([2H])(O)C([3H])([3H])N(C([3H])([3H])C([2H])([2H])O)P1(=O)OCCCN1C(C)c1ccccc1. The van der Waals surface area contributed by atoms with Crippen LogP contribution in [-0.4, -0.2) is 106 Å². The van der Waals surface area contributed by atoms with Crippen LogP contribution in [0.4, 0.5) is 0 Å². The molecule has 0 aliphatic carbocycles. The van der Waals surface area contributed by atoms with Crippen molar-refractivity contribution in [3.63, 3.8) is 0 Å². The number of alkyl halides is 2. The maximum absolute atomic E-state index is 14.2. The quantitative estimate of drug-likeness (QED) is 0.173. The normalized spacial score (nSPS) is 32.5. The van der Waals surface area contributed by atoms with Crippen LogP contribution >= 0.6 is 38.5 Å². The topological polar surface area (TPSA) is 106 Å². The third-order valence-electron chi connectivity index (χ3n) is 6.80. The Labute approximate surface area is 295 Å². The second-order valence-electron chi connectivity index (χ2n) is 9.34. The molecule has 2 aliphatic heterocycles. The molecular weight excluding hydrogens is 645 g/mol. The van der Waals surface area contributed by atoms with Crippen LogP contribution in [0.15, 0.2) is 60.7 Å². The molecule has 2 aromatic carbocycles. The smallest absolute Gasteiger partial charge is 0.346 e. The van der Waals surface area contributed by atoms with E-state index < -0.39 is 78.2 Å². The highest BCUT2D eigenvalue weighted by atomic mass is 35.5. The Balaban J connectivity index is 0.000000320. The van der Waals surface area contributed by atoms with Crippen molar-refractivity contribution < 1.29 is 50.3 Å². The van der Waals surface area contributed by atoms with Gasteiger partial charge in [0.1, 0.15) is 0 Å². The molecule has 0 aromatic heterocycles. The van der Waals surface area contributed by atoms with Gasteiger partial charge in [-0.05, 0) is 37.8 Å². The fourth-order valence-electron chi connectivity index (χ4n) is 4.68. The minimum Gasteiger partial charge on any atom is -0.395 e. The molecular formula is C30H48Cl2N4O6P2. The van der Waals surface area contributed by atoms with Crippen molar-refractivity contribution >= 4 is 38.5 Å². The summed E-state index contributed by atoms with van der Waals surface area (Å²) in [6.45, 7) is -19.0. The predicted molar refractivity (Wildman–Crippen MR) is 178 cm³/mol. The first-order chi connectivity index (χ1) is 27.0. The molecule has 4 atom stereocenters. The minimum atomic E-state index is -4.87. The Bertz CT molecular complexity index is 1660. The van der Waals surface area contributed by atoms with Gasteiger partial charge in [-0.25, -0.2) is 18.7 Å². The summed E-state index contributed by atoms with van der Waals surface area (Å²) in [5, 5.41) is 19.6. The second-order valence-corrected chi connectivity index (χ2v) is 14.0. The Kier molecular flexibility index (Phi) is 8.90. The van der Waals surface area contributed by atoms with E-state index in [9.17, 15) is 19.3 Å². The van der Waals surface area contributed by atoms with Gasteiger partial charge in [-0.2, -0.15) is 0 Å². The van der Waals surface area contributed by atoms with Crippen molar-refractivity contribution in [2.75, 3.05) is 77.1 Å². The van der Waals surface area contributed by atoms with Crippen LogP contribution in [0, 0.1) is 0 Å². The van der Waals surface area contributed by atoms with Crippen LogP contribution in [0.5, 0.6) is 0 Å². The number of halogens is 2. The largest absolute Gasteiger partial charge is 0.395 e. The first-order valence-electron chi connectivity index (χ1n) is 21.5. The second kappa shape index (κ2) is 19.1. The number of benzene rings is 2. The summed E-state index contributed by atoms with van der Waals surface area (Å²) in [5.41, 5.74) is 1.29. The zero-order chi connectivity index (χ0) is 46.3. The number of hydrogen-bond acceptors (Lipinski definition) is 6. The standard InChI is InChI=1S/C15H23Cl2N2O2P.C15H25N2O4P/c1-14(15-6-3-2-4-7-15)19-10-5-13-21-22(19,20)18(11-8-16)12-9-17;1-14(15-6-3-2-4-7-15)17-8-5-13-21-22(17,20)16(9-11-18)10-12-19/h2-4,6-7,14H,5,8-13H2,1H3;2-4,6-7,14,18-19H,5,8-13H2,1H3/i8D2,9D2,11T2,12T2;9T2,10T2,11D2,12D2. The molecule has 4 unspecified atom stereocenters. The molecule has 4 rings (SSSR count). The van der Waals surface area contributed by atoms with Crippen LogP contribution in [0.25, 0.3) is 0 Å². The van der Waals surface area contributed by atoms with Gasteiger partial charge in [0, 0.05) is 79.3 Å². The number of nitrogens with zero attached hydrogens (tertiary/aromatic N) is 4. The van der Waals surface area contributed by atoms with Crippen molar-refractivity contribution in [2.24, 2.45) is 0 Å². The summed E-state index contributed by atoms with van der Waals surface area (Å²) in [6, 6.07) is 15.9. The van der Waals surface area contributed by atoms with Crippen molar-refractivity contribution in [2.45, 2.75) is 38.8 Å². The van der Waals surface area contributed by atoms with E-state index >= 15 is 0 Å². The molecule has 2 saturated heterocycles. The Morgan fingerprint density at radius 1 is 0.795 bits per heavy atom. The van der Waals surface area contributed by atoms with Gasteiger partial charge in [0.05, 0.1) is 31.8 Å².